The van der Waals surface area contributed by atoms with Gasteiger partial charge in [-0.15, -0.1) is 0 Å². The summed E-state index contributed by atoms with van der Waals surface area (Å²) >= 11 is 6.23. The van der Waals surface area contributed by atoms with Crippen LogP contribution in [0.5, 0.6) is 11.5 Å². The number of carbonyl (C=O) groups excluding carboxylic acids is 1. The molecule has 1 heterocycles. The van der Waals surface area contributed by atoms with Crippen LogP contribution in [0.1, 0.15) is 37.3 Å². The van der Waals surface area contributed by atoms with Gasteiger partial charge in [-0.25, -0.2) is 0 Å². The number of hydrogen-bond acceptors (Lipinski definition) is 4. The molecule has 1 unspecified atom stereocenters. The highest BCUT2D eigenvalue weighted by Crippen LogP contribution is 2.38. The first-order valence-corrected chi connectivity index (χ1v) is 7.08. The minimum atomic E-state index is -0.282. The second kappa shape index (κ2) is 6.81. The van der Waals surface area contributed by atoms with Gasteiger partial charge in [0.15, 0.2) is 11.5 Å². The number of carbonyl (C=O) groups is 1. The number of rotatable bonds is 6. The quantitative estimate of drug-likeness (QED) is 0.788. The number of ether oxygens (including phenoxy) is 2. The fraction of sp³-hybridized carbons (Fsp3) is 0.500. The van der Waals surface area contributed by atoms with Crippen LogP contribution in [0.2, 0.25) is 5.02 Å². The molecule has 4 N–H and O–H groups in total. The Morgan fingerprint density at radius 1 is 1.25 bits per heavy atom. The average Bonchev–Trinajstić information content (AvgIpc) is 2.42. The van der Waals surface area contributed by atoms with E-state index in [4.69, 9.17) is 32.5 Å². The fourth-order valence-electron chi connectivity index (χ4n) is 2.18. The Kier molecular flexibility index (Phi) is 5.09. The molecule has 5 nitrogen and oxygen atoms in total. The first-order chi connectivity index (χ1) is 9.58. The third-order valence-corrected chi connectivity index (χ3v) is 3.58. The molecule has 0 fully saturated rings. The van der Waals surface area contributed by atoms with Gasteiger partial charge in [0.2, 0.25) is 5.91 Å². The first-order valence-electron chi connectivity index (χ1n) is 6.71. The summed E-state index contributed by atoms with van der Waals surface area (Å²) in [6, 6.07) is 3.40. The maximum Gasteiger partial charge on any atom is 0.217 e. The van der Waals surface area contributed by atoms with Crippen LogP contribution in [-0.4, -0.2) is 19.1 Å². The highest BCUT2D eigenvalue weighted by Gasteiger charge is 2.18. The topological polar surface area (TPSA) is 87.6 Å². The normalized spacial score (nSPS) is 14.9. The van der Waals surface area contributed by atoms with E-state index in [1.807, 2.05) is 6.07 Å². The van der Waals surface area contributed by atoms with E-state index in [1.165, 1.54) is 0 Å². The van der Waals surface area contributed by atoms with Gasteiger partial charge >= 0.3 is 0 Å². The number of benzene rings is 1. The van der Waals surface area contributed by atoms with Gasteiger partial charge in [-0.1, -0.05) is 18.0 Å². The minimum absolute atomic E-state index is 0.189. The van der Waals surface area contributed by atoms with Crippen molar-refractivity contribution in [3.63, 3.8) is 0 Å². The number of nitrogens with two attached hydrogens (primary N) is 2. The SMILES string of the molecule is NC(=O)CCCCC(N)c1cc2c(cc1Cl)OCCO2. The van der Waals surface area contributed by atoms with E-state index >= 15 is 0 Å². The lowest BCUT2D eigenvalue weighted by Gasteiger charge is -2.21. The van der Waals surface area contributed by atoms with Gasteiger partial charge in [0.1, 0.15) is 13.2 Å². The van der Waals surface area contributed by atoms with Crippen LogP contribution < -0.4 is 20.9 Å². The van der Waals surface area contributed by atoms with E-state index < -0.39 is 0 Å². The molecule has 1 aromatic carbocycles. The van der Waals surface area contributed by atoms with Crippen molar-refractivity contribution in [3.05, 3.63) is 22.7 Å². The molecule has 1 aromatic rings. The molecule has 2 rings (SSSR count). The van der Waals surface area contributed by atoms with E-state index in [-0.39, 0.29) is 11.9 Å². The molecule has 20 heavy (non-hydrogen) atoms. The van der Waals surface area contributed by atoms with Gasteiger partial charge in [0, 0.05) is 23.6 Å². The zero-order valence-corrected chi connectivity index (χ0v) is 12.0. The predicted octanol–water partition coefficient (Wildman–Crippen LogP) is 2.16. The number of amides is 1. The molecule has 0 saturated carbocycles. The van der Waals surface area contributed by atoms with Crippen LogP contribution >= 0.6 is 11.6 Å². The molecule has 1 aliphatic rings. The number of hydrogen-bond donors (Lipinski definition) is 2. The summed E-state index contributed by atoms with van der Waals surface area (Å²) in [5, 5.41) is 0.580. The van der Waals surface area contributed by atoms with Crippen LogP contribution in [0.3, 0.4) is 0 Å². The predicted molar refractivity (Wildman–Crippen MR) is 77.0 cm³/mol. The molecule has 0 saturated heterocycles. The van der Waals surface area contributed by atoms with Gasteiger partial charge in [-0.2, -0.15) is 0 Å². The second-order valence-electron chi connectivity index (χ2n) is 4.84. The average molecular weight is 299 g/mol. The number of halogens is 1. The van der Waals surface area contributed by atoms with E-state index in [2.05, 4.69) is 0 Å². The molecule has 6 heteroatoms. The highest BCUT2D eigenvalue weighted by molar-refractivity contribution is 6.31. The summed E-state index contributed by atoms with van der Waals surface area (Å²) < 4.78 is 11.0. The summed E-state index contributed by atoms with van der Waals surface area (Å²) in [5.41, 5.74) is 12.1. The smallest absolute Gasteiger partial charge is 0.217 e. The van der Waals surface area contributed by atoms with Crippen molar-refractivity contribution in [2.24, 2.45) is 11.5 Å². The van der Waals surface area contributed by atoms with Gasteiger partial charge in [0.05, 0.1) is 0 Å². The zero-order chi connectivity index (χ0) is 14.5. The van der Waals surface area contributed by atoms with Crippen molar-refractivity contribution >= 4 is 17.5 Å². The summed E-state index contributed by atoms with van der Waals surface area (Å²) in [6.45, 7) is 1.06. The lowest BCUT2D eigenvalue weighted by molar-refractivity contribution is -0.118. The molecule has 0 bridgehead atoms. The van der Waals surface area contributed by atoms with E-state index in [9.17, 15) is 4.79 Å². The molecule has 0 radical (unpaired) electrons. The third-order valence-electron chi connectivity index (χ3n) is 3.25. The molecule has 0 aliphatic carbocycles. The number of primary amides is 1. The Hall–Kier alpha value is -1.46. The van der Waals surface area contributed by atoms with Gasteiger partial charge < -0.3 is 20.9 Å². The van der Waals surface area contributed by atoms with Crippen LogP contribution in [-0.2, 0) is 4.79 Å². The molecule has 1 amide bonds. The van der Waals surface area contributed by atoms with Crippen LogP contribution in [0.4, 0.5) is 0 Å². The van der Waals surface area contributed by atoms with Crippen molar-refractivity contribution in [2.45, 2.75) is 31.7 Å². The summed E-state index contributed by atoms with van der Waals surface area (Å²) in [4.78, 5) is 10.7. The standard InChI is InChI=1S/C14H19ClN2O3/c15-10-8-13-12(19-5-6-20-13)7-9(10)11(16)3-1-2-4-14(17)18/h7-8,11H,1-6,16H2,(H2,17,18). The van der Waals surface area contributed by atoms with Crippen molar-refractivity contribution < 1.29 is 14.3 Å². The van der Waals surface area contributed by atoms with E-state index in [0.29, 0.717) is 36.2 Å². The lowest BCUT2D eigenvalue weighted by atomic mass is 10.0. The van der Waals surface area contributed by atoms with Gasteiger partial charge in [-0.05, 0) is 24.5 Å². The maximum absolute atomic E-state index is 10.7. The third kappa shape index (κ3) is 3.77. The molecular weight excluding hydrogens is 280 g/mol. The van der Waals surface area contributed by atoms with Crippen LogP contribution in [0, 0.1) is 0 Å². The molecule has 1 aliphatic heterocycles. The fourth-order valence-corrected chi connectivity index (χ4v) is 2.48. The Bertz CT molecular complexity index is 494. The van der Waals surface area contributed by atoms with Crippen molar-refractivity contribution in [1.82, 2.24) is 0 Å². The highest BCUT2D eigenvalue weighted by atomic mass is 35.5. The maximum atomic E-state index is 10.7. The van der Waals surface area contributed by atoms with Gasteiger partial charge in [-0.3, -0.25) is 4.79 Å². The minimum Gasteiger partial charge on any atom is -0.486 e. The van der Waals surface area contributed by atoms with Gasteiger partial charge in [0.25, 0.3) is 0 Å². The molecular formula is C14H19ClN2O3. The van der Waals surface area contributed by atoms with Crippen molar-refractivity contribution in [2.75, 3.05) is 13.2 Å². The Morgan fingerprint density at radius 2 is 1.90 bits per heavy atom. The Morgan fingerprint density at radius 3 is 2.55 bits per heavy atom. The first kappa shape index (κ1) is 14.9. The number of unbranched alkanes of at least 4 members (excludes halogenated alkanes) is 1. The summed E-state index contributed by atoms with van der Waals surface area (Å²) in [5.74, 6) is 1.06. The summed E-state index contributed by atoms with van der Waals surface area (Å²) in [7, 11) is 0. The van der Waals surface area contributed by atoms with Crippen molar-refractivity contribution in [3.8, 4) is 11.5 Å². The largest absolute Gasteiger partial charge is 0.486 e. The van der Waals surface area contributed by atoms with Crippen LogP contribution in [0.15, 0.2) is 12.1 Å². The second-order valence-corrected chi connectivity index (χ2v) is 5.24. The lowest BCUT2D eigenvalue weighted by Crippen LogP contribution is -2.17. The Labute approximate surface area is 123 Å². The summed E-state index contributed by atoms with van der Waals surface area (Å²) in [6.07, 6.45) is 2.70. The van der Waals surface area contributed by atoms with Crippen molar-refractivity contribution in [1.29, 1.82) is 0 Å². The molecule has 1 atom stereocenters. The van der Waals surface area contributed by atoms with Crippen LogP contribution in [0.25, 0.3) is 0 Å². The van der Waals surface area contributed by atoms with E-state index in [1.54, 1.807) is 6.07 Å². The zero-order valence-electron chi connectivity index (χ0n) is 11.2. The van der Waals surface area contributed by atoms with E-state index in [0.717, 1.165) is 24.8 Å². The Balaban J connectivity index is 1.98. The molecule has 110 valence electrons. The molecule has 0 spiro atoms. The monoisotopic (exact) mass is 298 g/mol. The number of fused-ring (bicyclic) bond motifs is 1. The molecule has 0 aromatic heterocycles.